The van der Waals surface area contributed by atoms with Gasteiger partial charge in [0.25, 0.3) is 0 Å². The molecule has 2 heterocycles. The van der Waals surface area contributed by atoms with Crippen LogP contribution < -0.4 is 0 Å². The van der Waals surface area contributed by atoms with Crippen LogP contribution in [0.25, 0.3) is 0 Å². The molecular formula is C10H20S2+2. The van der Waals surface area contributed by atoms with E-state index in [1.165, 1.54) is 25.7 Å². The first-order valence-corrected chi connectivity index (χ1v) is 8.70. The van der Waals surface area contributed by atoms with Gasteiger partial charge in [-0.05, 0) is 47.5 Å². The maximum atomic E-state index is 1.60. The molecule has 2 heteroatoms. The van der Waals surface area contributed by atoms with Crippen molar-refractivity contribution in [2.75, 3.05) is 34.5 Å². The molecule has 0 aromatic rings. The Kier molecular flexibility index (Phi) is 3.71. The average molecular weight is 204 g/mol. The van der Waals surface area contributed by atoms with Crippen molar-refractivity contribution in [2.45, 2.75) is 25.7 Å². The van der Waals surface area contributed by atoms with Crippen molar-refractivity contribution in [3.05, 3.63) is 0 Å². The third-order valence-electron chi connectivity index (χ3n) is 2.89. The second kappa shape index (κ2) is 4.80. The van der Waals surface area contributed by atoms with Gasteiger partial charge in [0.2, 0.25) is 0 Å². The van der Waals surface area contributed by atoms with Gasteiger partial charge in [0.05, 0.1) is 0 Å². The van der Waals surface area contributed by atoms with E-state index < -0.39 is 0 Å². The molecule has 0 aliphatic carbocycles. The number of hydrogen-bond donors (Lipinski definition) is 0. The molecular weight excluding hydrogens is 184 g/mol. The Morgan fingerprint density at radius 1 is 0.583 bits per heavy atom. The zero-order chi connectivity index (χ0) is 8.23. The molecule has 0 amide bonds. The van der Waals surface area contributed by atoms with Gasteiger partial charge in [-0.3, -0.25) is 0 Å². The molecule has 0 spiro atoms. The zero-order valence-electron chi connectivity index (χ0n) is 7.89. The average Bonchev–Trinajstić information content (AvgIpc) is 2.74. The largest absolute Gasteiger partial charge is 0.152 e. The zero-order valence-corrected chi connectivity index (χ0v) is 9.52. The van der Waals surface area contributed by atoms with E-state index >= 15 is 0 Å². The Balaban J connectivity index is 1.60. The second-order valence-corrected chi connectivity index (χ2v) is 8.76. The predicted molar refractivity (Wildman–Crippen MR) is 62.4 cm³/mol. The van der Waals surface area contributed by atoms with Crippen molar-refractivity contribution in [1.82, 2.24) is 0 Å². The first-order chi connectivity index (χ1) is 5.95. The molecule has 0 nitrogen and oxygen atoms in total. The minimum atomic E-state index is 0.884. The van der Waals surface area contributed by atoms with Gasteiger partial charge in [0.1, 0.15) is 23.0 Å². The fourth-order valence-corrected chi connectivity index (χ4v) is 7.63. The molecule has 12 heavy (non-hydrogen) atoms. The third kappa shape index (κ3) is 2.59. The summed E-state index contributed by atoms with van der Waals surface area (Å²) in [7, 11) is 1.77. The number of rotatable bonds is 3. The predicted octanol–water partition coefficient (Wildman–Crippen LogP) is 1.81. The first kappa shape index (κ1) is 9.26. The summed E-state index contributed by atoms with van der Waals surface area (Å²) < 4.78 is 0. The molecule has 2 aliphatic heterocycles. The highest BCUT2D eigenvalue weighted by molar-refractivity contribution is 8.00. The summed E-state index contributed by atoms with van der Waals surface area (Å²) in [6.07, 6.45) is 6.15. The van der Waals surface area contributed by atoms with E-state index in [1.54, 1.807) is 34.5 Å². The van der Waals surface area contributed by atoms with Crippen molar-refractivity contribution in [3.63, 3.8) is 0 Å². The Morgan fingerprint density at radius 3 is 1.25 bits per heavy atom. The third-order valence-corrected chi connectivity index (χ3v) is 8.18. The number of hydrogen-bond acceptors (Lipinski definition) is 0. The highest BCUT2D eigenvalue weighted by atomic mass is 32.2. The maximum Gasteiger partial charge on any atom is 0.152 e. The van der Waals surface area contributed by atoms with Crippen LogP contribution in [0, 0.1) is 0 Å². The molecule has 0 unspecified atom stereocenters. The van der Waals surface area contributed by atoms with Crippen LogP contribution in [-0.4, -0.2) is 34.5 Å². The highest BCUT2D eigenvalue weighted by Crippen LogP contribution is 2.17. The fourth-order valence-electron chi connectivity index (χ4n) is 2.07. The van der Waals surface area contributed by atoms with Gasteiger partial charge in [0.15, 0.2) is 11.5 Å². The molecule has 0 aromatic carbocycles. The smallest absolute Gasteiger partial charge is 0.00792 e. The molecule has 2 rings (SSSR count). The Bertz CT molecular complexity index is 108. The lowest BCUT2D eigenvalue weighted by atomic mass is 10.4. The summed E-state index contributed by atoms with van der Waals surface area (Å²) >= 11 is 0. The van der Waals surface area contributed by atoms with Gasteiger partial charge in [-0.25, -0.2) is 0 Å². The van der Waals surface area contributed by atoms with Crippen molar-refractivity contribution in [2.24, 2.45) is 0 Å². The fraction of sp³-hybridized carbons (Fsp3) is 1.00. The summed E-state index contributed by atoms with van der Waals surface area (Å²) in [4.78, 5) is 0. The van der Waals surface area contributed by atoms with Crippen LogP contribution in [0.4, 0.5) is 0 Å². The quantitative estimate of drug-likeness (QED) is 0.615. The lowest BCUT2D eigenvalue weighted by Crippen LogP contribution is -2.19. The summed E-state index contributed by atoms with van der Waals surface area (Å²) in [5, 5.41) is 0. The van der Waals surface area contributed by atoms with Crippen LogP contribution >= 0.6 is 0 Å². The highest BCUT2D eigenvalue weighted by Gasteiger charge is 2.30. The van der Waals surface area contributed by atoms with Gasteiger partial charge in [0, 0.05) is 0 Å². The molecule has 2 fully saturated rings. The van der Waals surface area contributed by atoms with Crippen molar-refractivity contribution < 1.29 is 0 Å². The van der Waals surface area contributed by atoms with Crippen LogP contribution in [0.5, 0.6) is 0 Å². The summed E-state index contributed by atoms with van der Waals surface area (Å²) in [5.74, 6) is 9.52. The summed E-state index contributed by atoms with van der Waals surface area (Å²) in [6.45, 7) is 0. The van der Waals surface area contributed by atoms with Crippen LogP contribution in [0.2, 0.25) is 0 Å². The molecule has 0 bridgehead atoms. The van der Waals surface area contributed by atoms with Gasteiger partial charge in [-0.15, -0.1) is 0 Å². The van der Waals surface area contributed by atoms with Gasteiger partial charge in [-0.1, -0.05) is 0 Å². The van der Waals surface area contributed by atoms with Gasteiger partial charge in [-0.2, -0.15) is 0 Å². The van der Waals surface area contributed by atoms with E-state index in [0.717, 1.165) is 21.8 Å². The van der Waals surface area contributed by atoms with Crippen molar-refractivity contribution in [1.29, 1.82) is 0 Å². The van der Waals surface area contributed by atoms with Gasteiger partial charge < -0.3 is 0 Å². The van der Waals surface area contributed by atoms with E-state index in [4.69, 9.17) is 0 Å². The summed E-state index contributed by atoms with van der Waals surface area (Å²) in [6, 6.07) is 0. The lowest BCUT2D eigenvalue weighted by Gasteiger charge is -2.00. The maximum absolute atomic E-state index is 1.60. The van der Waals surface area contributed by atoms with E-state index in [0.29, 0.717) is 0 Å². The normalized spacial score (nSPS) is 27.0. The van der Waals surface area contributed by atoms with Crippen LogP contribution in [0.3, 0.4) is 0 Å². The Labute approximate surface area is 82.2 Å². The van der Waals surface area contributed by atoms with Crippen molar-refractivity contribution >= 4 is 21.8 Å². The molecule has 0 atom stereocenters. The Hall–Kier alpha value is 0.700. The van der Waals surface area contributed by atoms with E-state index in [1.807, 2.05) is 0 Å². The molecule has 0 saturated carbocycles. The molecule has 0 aromatic heterocycles. The van der Waals surface area contributed by atoms with E-state index in [9.17, 15) is 0 Å². The molecule has 0 N–H and O–H groups in total. The van der Waals surface area contributed by atoms with Crippen LogP contribution in [0.1, 0.15) is 25.7 Å². The van der Waals surface area contributed by atoms with E-state index in [-0.39, 0.29) is 0 Å². The Morgan fingerprint density at radius 2 is 0.917 bits per heavy atom. The summed E-state index contributed by atoms with van der Waals surface area (Å²) in [5.41, 5.74) is 0. The molecule has 2 aliphatic rings. The van der Waals surface area contributed by atoms with Crippen LogP contribution in [0.15, 0.2) is 0 Å². The monoisotopic (exact) mass is 204 g/mol. The molecule has 70 valence electrons. The first-order valence-electron chi connectivity index (χ1n) is 5.23. The van der Waals surface area contributed by atoms with Gasteiger partial charge >= 0.3 is 0 Å². The standard InChI is InChI=1S/C10H20S2/c1-2-6-11(5-1)9-10-12-7-3-4-8-12/h1-10H2/q+2. The SMILES string of the molecule is C1CC[S+](CC[S+]2CCCC2)C1. The molecule has 0 radical (unpaired) electrons. The van der Waals surface area contributed by atoms with E-state index in [2.05, 4.69) is 0 Å². The minimum Gasteiger partial charge on any atom is -0.00792 e. The minimum absolute atomic E-state index is 0.884. The van der Waals surface area contributed by atoms with Crippen molar-refractivity contribution in [3.8, 4) is 0 Å². The second-order valence-electron chi connectivity index (χ2n) is 3.86. The van der Waals surface area contributed by atoms with Crippen LogP contribution in [-0.2, 0) is 21.8 Å². The topological polar surface area (TPSA) is 0 Å². The lowest BCUT2D eigenvalue weighted by molar-refractivity contribution is 0.949. The molecule has 2 saturated heterocycles.